The molecule has 0 aliphatic heterocycles. The molecule has 1 aromatic rings. The summed E-state index contributed by atoms with van der Waals surface area (Å²) in [6.45, 7) is 0. The van der Waals surface area contributed by atoms with Crippen molar-refractivity contribution in [3.05, 3.63) is 29.3 Å². The predicted octanol–water partition coefficient (Wildman–Crippen LogP) is 0.959. The Kier molecular flexibility index (Phi) is 2.85. The summed E-state index contributed by atoms with van der Waals surface area (Å²) >= 11 is 0. The van der Waals surface area contributed by atoms with Gasteiger partial charge in [-0.3, -0.25) is 0 Å². The fourth-order valence-corrected chi connectivity index (χ4v) is 0.985. The molecule has 0 radical (unpaired) electrons. The largest absolute Gasteiger partial charge is 0.505 e. The Balaban J connectivity index is 3.08. The number of phenolic OH excluding ortho intramolecular Hbond substituents is 1. The van der Waals surface area contributed by atoms with Crippen LogP contribution in [0.4, 0.5) is 8.78 Å². The van der Waals surface area contributed by atoms with E-state index < -0.39 is 17.4 Å². The highest BCUT2D eigenvalue weighted by atomic mass is 19.1. The molecule has 0 bridgehead atoms. The van der Waals surface area contributed by atoms with Gasteiger partial charge in [0.25, 0.3) is 0 Å². The second-order valence-corrected chi connectivity index (χ2v) is 2.66. The van der Waals surface area contributed by atoms with Crippen LogP contribution in [0.25, 0.3) is 0 Å². The van der Waals surface area contributed by atoms with Gasteiger partial charge in [-0.1, -0.05) is 5.16 Å². The fourth-order valence-electron chi connectivity index (χ4n) is 0.985. The van der Waals surface area contributed by atoms with Gasteiger partial charge in [0.05, 0.1) is 0 Å². The van der Waals surface area contributed by atoms with Crippen molar-refractivity contribution in [2.45, 2.75) is 6.42 Å². The first-order valence-corrected chi connectivity index (χ1v) is 3.68. The van der Waals surface area contributed by atoms with Crippen LogP contribution in [0.15, 0.2) is 17.3 Å². The maximum Gasteiger partial charge on any atom is 0.168 e. The lowest BCUT2D eigenvalue weighted by atomic mass is 10.1. The molecule has 0 atom stereocenters. The van der Waals surface area contributed by atoms with Gasteiger partial charge < -0.3 is 16.0 Å². The third-order valence-electron chi connectivity index (χ3n) is 1.61. The number of amidine groups is 1. The quantitative estimate of drug-likeness (QED) is 0.289. The van der Waals surface area contributed by atoms with Crippen LogP contribution in [-0.2, 0) is 6.42 Å². The van der Waals surface area contributed by atoms with Gasteiger partial charge in [0.1, 0.15) is 11.7 Å². The highest BCUT2D eigenvalue weighted by Crippen LogP contribution is 2.22. The molecule has 4 nitrogen and oxygen atoms in total. The van der Waals surface area contributed by atoms with E-state index in [0.717, 1.165) is 6.07 Å². The van der Waals surface area contributed by atoms with E-state index in [1.165, 1.54) is 0 Å². The van der Waals surface area contributed by atoms with E-state index in [4.69, 9.17) is 16.0 Å². The summed E-state index contributed by atoms with van der Waals surface area (Å²) in [6, 6.07) is 1.46. The first-order chi connectivity index (χ1) is 6.54. The van der Waals surface area contributed by atoms with Crippen LogP contribution in [-0.4, -0.2) is 16.1 Å². The topological polar surface area (TPSA) is 78.8 Å². The van der Waals surface area contributed by atoms with E-state index in [1.807, 2.05) is 0 Å². The number of benzene rings is 1. The second kappa shape index (κ2) is 3.91. The zero-order valence-electron chi connectivity index (χ0n) is 7.04. The molecule has 6 heteroatoms. The van der Waals surface area contributed by atoms with E-state index in [0.29, 0.717) is 6.07 Å². The maximum atomic E-state index is 12.8. The third-order valence-corrected chi connectivity index (χ3v) is 1.61. The average Bonchev–Trinajstić information content (AvgIpc) is 2.13. The summed E-state index contributed by atoms with van der Waals surface area (Å²) in [4.78, 5) is 0. The van der Waals surface area contributed by atoms with Crippen molar-refractivity contribution in [1.82, 2.24) is 0 Å². The number of hydrogen-bond donors (Lipinski definition) is 3. The molecular formula is C8H8F2N2O2. The first kappa shape index (κ1) is 10.2. The molecule has 0 saturated carbocycles. The molecule has 4 N–H and O–H groups in total. The highest BCUT2D eigenvalue weighted by molar-refractivity contribution is 5.82. The van der Waals surface area contributed by atoms with Crippen molar-refractivity contribution < 1.29 is 19.1 Å². The molecule has 1 aromatic carbocycles. The van der Waals surface area contributed by atoms with E-state index >= 15 is 0 Å². The average molecular weight is 202 g/mol. The van der Waals surface area contributed by atoms with Crippen molar-refractivity contribution >= 4 is 5.84 Å². The zero-order valence-corrected chi connectivity index (χ0v) is 7.04. The molecule has 0 unspecified atom stereocenters. The number of nitrogens with zero attached hydrogens (tertiary/aromatic N) is 1. The van der Waals surface area contributed by atoms with Gasteiger partial charge in [0, 0.05) is 18.1 Å². The minimum Gasteiger partial charge on any atom is -0.505 e. The molecule has 0 fully saturated rings. The highest BCUT2D eigenvalue weighted by Gasteiger charge is 2.11. The number of hydrogen-bond acceptors (Lipinski definition) is 3. The SMILES string of the molecule is N/C(Cc1cc(F)cc(F)c1O)=N\O. The number of aromatic hydroxyl groups is 1. The second-order valence-electron chi connectivity index (χ2n) is 2.66. The Bertz CT molecular complexity index is 380. The minimum absolute atomic E-state index is 0.0715. The standard InChI is InChI=1S/C8H8F2N2O2/c9-5-1-4(2-7(11)12-14)8(13)6(10)3-5/h1,3,13-14H,2H2,(H2,11,12). The summed E-state index contributed by atoms with van der Waals surface area (Å²) in [5.41, 5.74) is 5.05. The van der Waals surface area contributed by atoms with Crippen LogP contribution >= 0.6 is 0 Å². The summed E-state index contributed by atoms with van der Waals surface area (Å²) in [5, 5.41) is 20.0. The van der Waals surface area contributed by atoms with Gasteiger partial charge in [-0.05, 0) is 6.07 Å². The van der Waals surface area contributed by atoms with Crippen LogP contribution in [0.1, 0.15) is 5.56 Å². The minimum atomic E-state index is -1.08. The Morgan fingerprint density at radius 3 is 2.64 bits per heavy atom. The smallest absolute Gasteiger partial charge is 0.168 e. The van der Waals surface area contributed by atoms with E-state index in [9.17, 15) is 8.78 Å². The third kappa shape index (κ3) is 2.09. The molecule has 0 spiro atoms. The van der Waals surface area contributed by atoms with Crippen molar-refractivity contribution in [3.63, 3.8) is 0 Å². The summed E-state index contributed by atoms with van der Waals surface area (Å²) in [7, 11) is 0. The normalized spacial score (nSPS) is 11.7. The monoisotopic (exact) mass is 202 g/mol. The van der Waals surface area contributed by atoms with Gasteiger partial charge >= 0.3 is 0 Å². The number of nitrogens with two attached hydrogens (primary N) is 1. The molecule has 0 aliphatic rings. The summed E-state index contributed by atoms with van der Waals surface area (Å²) < 4.78 is 25.4. The van der Waals surface area contributed by atoms with Crippen LogP contribution in [0, 0.1) is 11.6 Å². The molecular weight excluding hydrogens is 194 g/mol. The van der Waals surface area contributed by atoms with E-state index in [-0.39, 0.29) is 17.8 Å². The number of rotatable bonds is 2. The van der Waals surface area contributed by atoms with Gasteiger partial charge in [-0.25, -0.2) is 8.78 Å². The van der Waals surface area contributed by atoms with Crippen molar-refractivity contribution in [2.24, 2.45) is 10.9 Å². The van der Waals surface area contributed by atoms with Crippen LogP contribution < -0.4 is 5.73 Å². The van der Waals surface area contributed by atoms with Crippen molar-refractivity contribution in [3.8, 4) is 5.75 Å². The van der Waals surface area contributed by atoms with Crippen LogP contribution in [0.5, 0.6) is 5.75 Å². The lowest BCUT2D eigenvalue weighted by Gasteiger charge is -2.04. The molecule has 0 aromatic heterocycles. The Morgan fingerprint density at radius 1 is 1.43 bits per heavy atom. The molecule has 0 aliphatic carbocycles. The number of oxime groups is 1. The fraction of sp³-hybridized carbons (Fsp3) is 0.125. The van der Waals surface area contributed by atoms with Gasteiger partial charge in [-0.2, -0.15) is 0 Å². The molecule has 14 heavy (non-hydrogen) atoms. The van der Waals surface area contributed by atoms with Crippen LogP contribution in [0.3, 0.4) is 0 Å². The first-order valence-electron chi connectivity index (χ1n) is 3.68. The van der Waals surface area contributed by atoms with E-state index in [2.05, 4.69) is 5.16 Å². The zero-order chi connectivity index (χ0) is 10.7. The Morgan fingerprint density at radius 2 is 2.07 bits per heavy atom. The lowest BCUT2D eigenvalue weighted by molar-refractivity contribution is 0.317. The Hall–Kier alpha value is -1.85. The van der Waals surface area contributed by atoms with Crippen molar-refractivity contribution in [1.29, 1.82) is 0 Å². The van der Waals surface area contributed by atoms with E-state index in [1.54, 1.807) is 0 Å². The molecule has 76 valence electrons. The molecule has 0 amide bonds. The molecule has 0 saturated heterocycles. The molecule has 1 rings (SSSR count). The van der Waals surface area contributed by atoms with Gasteiger partial charge in [0.2, 0.25) is 0 Å². The van der Waals surface area contributed by atoms with Crippen LogP contribution in [0.2, 0.25) is 0 Å². The number of phenols is 1. The summed E-state index contributed by atoms with van der Waals surface area (Å²) in [5.74, 6) is -2.85. The van der Waals surface area contributed by atoms with Gasteiger partial charge in [-0.15, -0.1) is 0 Å². The summed E-state index contributed by atoms with van der Waals surface area (Å²) in [6.07, 6.45) is -0.225. The maximum absolute atomic E-state index is 12.8. The number of halogens is 2. The van der Waals surface area contributed by atoms with Gasteiger partial charge in [0.15, 0.2) is 11.6 Å². The predicted molar refractivity (Wildman–Crippen MR) is 45.1 cm³/mol. The van der Waals surface area contributed by atoms with Crippen molar-refractivity contribution in [2.75, 3.05) is 0 Å². The molecule has 0 heterocycles. The lowest BCUT2D eigenvalue weighted by Crippen LogP contribution is -2.15. The Labute approximate surface area is 78.3 Å².